The van der Waals surface area contributed by atoms with Crippen LogP contribution in [0.2, 0.25) is 0 Å². The molecule has 0 aromatic rings. The molecule has 0 aliphatic carbocycles. The van der Waals surface area contributed by atoms with Crippen molar-refractivity contribution in [3.05, 3.63) is 0 Å². The standard InChI is InChI=1S/C8H15F4N3/c1-5(2)3-14-7(13)15-4-8(11,12)6(9)10/h5-6H,3-4H2,1-2H3,(H3,13,14,15). The van der Waals surface area contributed by atoms with Crippen LogP contribution in [0, 0.1) is 5.92 Å². The molecule has 0 rings (SSSR count). The highest BCUT2D eigenvalue weighted by atomic mass is 19.3. The molecule has 0 saturated heterocycles. The van der Waals surface area contributed by atoms with Crippen LogP contribution in [0.15, 0.2) is 4.99 Å². The Hall–Kier alpha value is -1.01. The fourth-order valence-corrected chi connectivity index (χ4v) is 0.624. The lowest BCUT2D eigenvalue weighted by molar-refractivity contribution is -0.120. The Bertz CT molecular complexity index is 216. The van der Waals surface area contributed by atoms with Gasteiger partial charge in [0, 0.05) is 6.54 Å². The quantitative estimate of drug-likeness (QED) is 0.426. The van der Waals surface area contributed by atoms with E-state index in [1.54, 1.807) is 0 Å². The normalized spacial score (nSPS) is 13.7. The predicted molar refractivity (Wildman–Crippen MR) is 50.3 cm³/mol. The van der Waals surface area contributed by atoms with E-state index in [4.69, 9.17) is 5.73 Å². The molecule has 0 aromatic carbocycles. The molecule has 0 atom stereocenters. The van der Waals surface area contributed by atoms with Gasteiger partial charge in [0.05, 0.1) is 0 Å². The van der Waals surface area contributed by atoms with Crippen molar-refractivity contribution >= 4 is 5.96 Å². The van der Waals surface area contributed by atoms with Crippen molar-refractivity contribution in [2.24, 2.45) is 16.6 Å². The third kappa shape index (κ3) is 6.14. The molecule has 0 amide bonds. The van der Waals surface area contributed by atoms with Crippen LogP contribution in [0.1, 0.15) is 13.8 Å². The number of hydrogen-bond acceptors (Lipinski definition) is 1. The van der Waals surface area contributed by atoms with Gasteiger partial charge < -0.3 is 11.1 Å². The van der Waals surface area contributed by atoms with Crippen LogP contribution in [-0.2, 0) is 0 Å². The van der Waals surface area contributed by atoms with Crippen molar-refractivity contribution in [2.45, 2.75) is 26.2 Å². The average Bonchev–Trinajstić information content (AvgIpc) is 2.11. The maximum Gasteiger partial charge on any atom is 0.326 e. The summed E-state index contributed by atoms with van der Waals surface area (Å²) in [6.45, 7) is 2.92. The summed E-state index contributed by atoms with van der Waals surface area (Å²) in [5, 5.41) is 2.54. The summed E-state index contributed by atoms with van der Waals surface area (Å²) in [7, 11) is 0. The van der Waals surface area contributed by atoms with E-state index in [1.165, 1.54) is 0 Å². The second kappa shape index (κ2) is 5.77. The molecule has 7 heteroatoms. The number of nitrogens with zero attached hydrogens (tertiary/aromatic N) is 1. The molecule has 0 unspecified atom stereocenters. The van der Waals surface area contributed by atoms with Crippen molar-refractivity contribution in [3.63, 3.8) is 0 Å². The van der Waals surface area contributed by atoms with Crippen LogP contribution >= 0.6 is 0 Å². The number of alkyl halides is 4. The minimum atomic E-state index is -4.12. The highest BCUT2D eigenvalue weighted by molar-refractivity contribution is 5.77. The monoisotopic (exact) mass is 229 g/mol. The maximum atomic E-state index is 12.4. The second-order valence-corrected chi connectivity index (χ2v) is 3.54. The van der Waals surface area contributed by atoms with Gasteiger partial charge in [-0.1, -0.05) is 13.8 Å². The van der Waals surface area contributed by atoms with Gasteiger partial charge in [-0.3, -0.25) is 0 Å². The first-order valence-electron chi connectivity index (χ1n) is 4.45. The summed E-state index contributed by atoms with van der Waals surface area (Å²) in [5.41, 5.74) is 5.19. The Morgan fingerprint density at radius 3 is 2.33 bits per heavy atom. The van der Waals surface area contributed by atoms with Crippen molar-refractivity contribution in [2.75, 3.05) is 13.1 Å². The fraction of sp³-hybridized carbons (Fsp3) is 0.875. The van der Waals surface area contributed by atoms with Gasteiger partial charge >= 0.3 is 12.3 Å². The van der Waals surface area contributed by atoms with Gasteiger partial charge in [-0.15, -0.1) is 0 Å². The Labute approximate surface area is 85.7 Å². The summed E-state index contributed by atoms with van der Waals surface area (Å²) in [4.78, 5) is 3.14. The number of halogens is 4. The van der Waals surface area contributed by atoms with Gasteiger partial charge in [-0.2, -0.15) is 8.78 Å². The van der Waals surface area contributed by atoms with Crippen LogP contribution in [0.25, 0.3) is 0 Å². The van der Waals surface area contributed by atoms with Crippen LogP contribution in [0.5, 0.6) is 0 Å². The Kier molecular flexibility index (Phi) is 5.38. The van der Waals surface area contributed by atoms with E-state index in [2.05, 4.69) is 10.3 Å². The lowest BCUT2D eigenvalue weighted by atomic mass is 10.2. The number of nitrogens with two attached hydrogens (primary N) is 1. The molecule has 0 radical (unpaired) electrons. The van der Waals surface area contributed by atoms with Crippen molar-refractivity contribution in [3.8, 4) is 0 Å². The van der Waals surface area contributed by atoms with Gasteiger partial charge in [0.25, 0.3) is 0 Å². The van der Waals surface area contributed by atoms with Crippen LogP contribution in [-0.4, -0.2) is 31.4 Å². The van der Waals surface area contributed by atoms with Crippen molar-refractivity contribution in [1.29, 1.82) is 0 Å². The summed E-state index contributed by atoms with van der Waals surface area (Å²) < 4.78 is 48.1. The molecule has 3 nitrogen and oxygen atoms in total. The Morgan fingerprint density at radius 1 is 1.40 bits per heavy atom. The smallest absolute Gasteiger partial charge is 0.326 e. The third-order valence-corrected chi connectivity index (χ3v) is 1.47. The van der Waals surface area contributed by atoms with Gasteiger partial charge in [0.1, 0.15) is 6.54 Å². The fourth-order valence-electron chi connectivity index (χ4n) is 0.624. The minimum absolute atomic E-state index is 0.246. The molecule has 0 aliphatic rings. The molecule has 0 bridgehead atoms. The van der Waals surface area contributed by atoms with E-state index in [1.807, 2.05) is 13.8 Å². The van der Waals surface area contributed by atoms with Gasteiger partial charge in [0.15, 0.2) is 5.96 Å². The molecule has 0 aromatic heterocycles. The average molecular weight is 229 g/mol. The van der Waals surface area contributed by atoms with E-state index in [0.29, 0.717) is 6.54 Å². The van der Waals surface area contributed by atoms with Gasteiger partial charge in [-0.25, -0.2) is 13.8 Å². The summed E-state index contributed by atoms with van der Waals surface area (Å²) >= 11 is 0. The van der Waals surface area contributed by atoms with E-state index >= 15 is 0 Å². The molecule has 0 heterocycles. The van der Waals surface area contributed by atoms with Crippen molar-refractivity contribution in [1.82, 2.24) is 5.32 Å². The lowest BCUT2D eigenvalue weighted by Crippen LogP contribution is -2.37. The molecule has 90 valence electrons. The maximum absolute atomic E-state index is 12.4. The SMILES string of the molecule is CC(C)CNC(N)=NCC(F)(F)C(F)F. The van der Waals surface area contributed by atoms with E-state index < -0.39 is 18.9 Å². The lowest BCUT2D eigenvalue weighted by Gasteiger charge is -2.13. The number of aliphatic imine (C=N–C) groups is 1. The molecule has 0 fully saturated rings. The largest absolute Gasteiger partial charge is 0.370 e. The van der Waals surface area contributed by atoms with E-state index in [-0.39, 0.29) is 11.9 Å². The summed E-state index contributed by atoms with van der Waals surface area (Å²) in [5.74, 6) is -4.11. The number of nitrogens with one attached hydrogen (secondary N) is 1. The molecule has 0 aliphatic heterocycles. The van der Waals surface area contributed by atoms with E-state index in [0.717, 1.165) is 0 Å². The van der Waals surface area contributed by atoms with Gasteiger partial charge in [0.2, 0.25) is 0 Å². The van der Waals surface area contributed by atoms with E-state index in [9.17, 15) is 17.6 Å². The molecule has 15 heavy (non-hydrogen) atoms. The van der Waals surface area contributed by atoms with Crippen LogP contribution in [0.3, 0.4) is 0 Å². The first kappa shape index (κ1) is 14.0. The van der Waals surface area contributed by atoms with Crippen molar-refractivity contribution < 1.29 is 17.6 Å². The first-order valence-corrected chi connectivity index (χ1v) is 4.45. The highest BCUT2D eigenvalue weighted by Gasteiger charge is 2.40. The predicted octanol–water partition coefficient (Wildman–Crippen LogP) is 1.45. The topological polar surface area (TPSA) is 50.4 Å². The molecular weight excluding hydrogens is 214 g/mol. The zero-order chi connectivity index (χ0) is 12.1. The summed E-state index contributed by atoms with van der Waals surface area (Å²) in [6.07, 6.45) is -3.72. The zero-order valence-electron chi connectivity index (χ0n) is 8.61. The number of rotatable bonds is 5. The molecule has 0 saturated carbocycles. The third-order valence-electron chi connectivity index (χ3n) is 1.47. The van der Waals surface area contributed by atoms with Crippen LogP contribution < -0.4 is 11.1 Å². The van der Waals surface area contributed by atoms with Crippen LogP contribution in [0.4, 0.5) is 17.6 Å². The molecule has 0 spiro atoms. The minimum Gasteiger partial charge on any atom is -0.370 e. The molecular formula is C8H15F4N3. The highest BCUT2D eigenvalue weighted by Crippen LogP contribution is 2.22. The second-order valence-electron chi connectivity index (χ2n) is 3.54. The first-order chi connectivity index (χ1) is 6.75. The Balaban J connectivity index is 4.04. The van der Waals surface area contributed by atoms with Gasteiger partial charge in [-0.05, 0) is 5.92 Å². The number of hydrogen-bond donors (Lipinski definition) is 2. The molecule has 3 N–H and O–H groups in total. The number of guanidine groups is 1. The summed E-state index contributed by atoms with van der Waals surface area (Å²) in [6, 6.07) is 0. The zero-order valence-corrected chi connectivity index (χ0v) is 8.61. The Morgan fingerprint density at radius 2 is 1.93 bits per heavy atom.